The third kappa shape index (κ3) is 5.37. The first-order valence-corrected chi connectivity index (χ1v) is 11.5. The summed E-state index contributed by atoms with van der Waals surface area (Å²) < 4.78 is 24.9. The maximum Gasteiger partial charge on any atom is 0.315 e. The minimum Gasteiger partial charge on any atom is -0.338 e. The summed E-state index contributed by atoms with van der Waals surface area (Å²) in [4.78, 5) is 16.4. The van der Waals surface area contributed by atoms with E-state index in [-0.39, 0.29) is 29.5 Å². The third-order valence-corrected chi connectivity index (χ3v) is 8.18. The van der Waals surface area contributed by atoms with Gasteiger partial charge in [0.2, 0.25) is 0 Å². The van der Waals surface area contributed by atoms with Crippen LogP contribution in [0.4, 0.5) is 4.79 Å². The number of rotatable bonds is 5. The fraction of sp³-hybridized carbons (Fsp3) is 0.750. The Kier molecular flexibility index (Phi) is 5.93. The Balaban J connectivity index is 1.34. The molecule has 1 saturated heterocycles. The second-order valence-corrected chi connectivity index (χ2v) is 10.5. The van der Waals surface area contributed by atoms with E-state index < -0.39 is 9.84 Å². The number of nitrogens with one attached hydrogen (secondary N) is 2. The van der Waals surface area contributed by atoms with Crippen molar-refractivity contribution in [3.05, 3.63) is 12.4 Å². The first-order chi connectivity index (χ1) is 11.9. The Bertz CT molecular complexity index is 696. The Labute approximate surface area is 153 Å². The van der Waals surface area contributed by atoms with Crippen molar-refractivity contribution in [2.75, 3.05) is 18.1 Å². The highest BCUT2D eigenvalue weighted by Gasteiger charge is 2.28. The van der Waals surface area contributed by atoms with Crippen LogP contribution in [0.1, 0.15) is 32.1 Å². The van der Waals surface area contributed by atoms with Gasteiger partial charge in [-0.2, -0.15) is 0 Å². The maximum absolute atomic E-state index is 12.0. The summed E-state index contributed by atoms with van der Waals surface area (Å²) in [5.74, 6) is 0.502. The molecule has 0 radical (unpaired) electrons. The number of carbonyl (C=O) groups excluding carboxylic acids is 1. The molecule has 3 rings (SSSR count). The summed E-state index contributed by atoms with van der Waals surface area (Å²) in [6, 6.07) is 0.0232. The largest absolute Gasteiger partial charge is 0.338 e. The van der Waals surface area contributed by atoms with Gasteiger partial charge in [-0.1, -0.05) is 11.8 Å². The van der Waals surface area contributed by atoms with E-state index >= 15 is 0 Å². The zero-order valence-electron chi connectivity index (χ0n) is 14.5. The number of carbonyl (C=O) groups is 1. The monoisotopic (exact) mass is 386 g/mol. The van der Waals surface area contributed by atoms with E-state index in [1.54, 1.807) is 0 Å². The Hall–Kier alpha value is -1.22. The van der Waals surface area contributed by atoms with Crippen molar-refractivity contribution in [1.82, 2.24) is 20.2 Å². The highest BCUT2D eigenvalue weighted by atomic mass is 32.2. The molecule has 140 valence electrons. The number of hydrogen-bond donors (Lipinski definition) is 2. The average molecular weight is 387 g/mol. The number of aryl methyl sites for hydroxylation is 1. The first kappa shape index (κ1) is 18.6. The third-order valence-electron chi connectivity index (χ3n) is 4.94. The number of nitrogens with zero attached hydrogens (tertiary/aromatic N) is 2. The van der Waals surface area contributed by atoms with E-state index in [0.29, 0.717) is 18.2 Å². The zero-order valence-corrected chi connectivity index (χ0v) is 16.1. The molecule has 2 N–H and O–H groups in total. The number of imidazole rings is 1. The van der Waals surface area contributed by atoms with Gasteiger partial charge in [-0.05, 0) is 38.0 Å². The molecule has 25 heavy (non-hydrogen) atoms. The van der Waals surface area contributed by atoms with Crippen molar-refractivity contribution < 1.29 is 13.2 Å². The van der Waals surface area contributed by atoms with Gasteiger partial charge < -0.3 is 15.2 Å². The number of aromatic nitrogens is 2. The van der Waals surface area contributed by atoms with Crippen LogP contribution in [0.5, 0.6) is 0 Å². The van der Waals surface area contributed by atoms with Crippen LogP contribution in [0.3, 0.4) is 0 Å². The second kappa shape index (κ2) is 7.99. The normalized spacial score (nSPS) is 28.6. The standard InChI is InChI=1S/C16H26N4O3S2/c1-20-8-7-17-16(20)24-14-4-2-13(3-5-14)19-15(21)18-10-12-6-9-25(22,23)11-12/h7-8,12-14H,2-6,9-11H2,1H3,(H2,18,19,21). The molecule has 1 saturated carbocycles. The summed E-state index contributed by atoms with van der Waals surface area (Å²) in [7, 11) is -0.880. The fourth-order valence-electron chi connectivity index (χ4n) is 3.45. The number of thioether (sulfide) groups is 1. The lowest BCUT2D eigenvalue weighted by Gasteiger charge is -2.28. The summed E-state index contributed by atoms with van der Waals surface area (Å²) in [6.07, 6.45) is 8.47. The van der Waals surface area contributed by atoms with Crippen LogP contribution in [0.25, 0.3) is 0 Å². The summed E-state index contributed by atoms with van der Waals surface area (Å²) in [5.41, 5.74) is 0. The molecule has 1 atom stereocenters. The Morgan fingerprint density at radius 3 is 2.68 bits per heavy atom. The van der Waals surface area contributed by atoms with Gasteiger partial charge >= 0.3 is 6.03 Å². The van der Waals surface area contributed by atoms with Crippen LogP contribution in [0.15, 0.2) is 17.6 Å². The molecule has 2 aliphatic rings. The predicted molar refractivity (Wildman–Crippen MR) is 98.4 cm³/mol. The maximum atomic E-state index is 12.0. The summed E-state index contributed by atoms with van der Waals surface area (Å²) >= 11 is 1.81. The van der Waals surface area contributed by atoms with Gasteiger partial charge in [-0.25, -0.2) is 18.2 Å². The van der Waals surface area contributed by atoms with Gasteiger partial charge in [0.25, 0.3) is 0 Å². The molecule has 1 aliphatic heterocycles. The minimum atomic E-state index is -2.88. The van der Waals surface area contributed by atoms with E-state index in [9.17, 15) is 13.2 Å². The van der Waals surface area contributed by atoms with Crippen LogP contribution >= 0.6 is 11.8 Å². The Morgan fingerprint density at radius 1 is 1.32 bits per heavy atom. The lowest BCUT2D eigenvalue weighted by atomic mass is 9.95. The molecule has 0 aromatic carbocycles. The average Bonchev–Trinajstić information content (AvgIpc) is 3.13. The van der Waals surface area contributed by atoms with Gasteiger partial charge in [0.05, 0.1) is 11.5 Å². The topological polar surface area (TPSA) is 93.1 Å². The molecule has 7 nitrogen and oxygen atoms in total. The molecule has 9 heteroatoms. The number of urea groups is 1. The highest BCUT2D eigenvalue weighted by molar-refractivity contribution is 7.99. The van der Waals surface area contributed by atoms with Gasteiger partial charge in [-0.15, -0.1) is 0 Å². The lowest BCUT2D eigenvalue weighted by molar-refractivity contribution is 0.231. The molecular formula is C16H26N4O3S2. The van der Waals surface area contributed by atoms with Crippen LogP contribution in [0, 0.1) is 5.92 Å². The molecule has 2 amide bonds. The van der Waals surface area contributed by atoms with Crippen LogP contribution in [0.2, 0.25) is 0 Å². The van der Waals surface area contributed by atoms with Crippen LogP contribution in [-0.2, 0) is 16.9 Å². The van der Waals surface area contributed by atoms with E-state index in [4.69, 9.17) is 0 Å². The number of hydrogen-bond acceptors (Lipinski definition) is 5. The second-order valence-electron chi connectivity index (χ2n) is 7.04. The molecule has 1 aromatic heterocycles. The van der Waals surface area contributed by atoms with Crippen molar-refractivity contribution in [2.45, 2.75) is 48.6 Å². The summed E-state index contributed by atoms with van der Waals surface area (Å²) in [6.45, 7) is 0.440. The van der Waals surface area contributed by atoms with E-state index in [0.717, 1.165) is 30.8 Å². The number of amides is 2. The molecule has 2 heterocycles. The predicted octanol–water partition coefficient (Wildman–Crippen LogP) is 1.56. The van der Waals surface area contributed by atoms with Crippen LogP contribution < -0.4 is 10.6 Å². The minimum absolute atomic E-state index is 0.0562. The van der Waals surface area contributed by atoms with Crippen molar-refractivity contribution in [3.63, 3.8) is 0 Å². The zero-order chi connectivity index (χ0) is 17.9. The first-order valence-electron chi connectivity index (χ1n) is 8.80. The van der Waals surface area contributed by atoms with Crippen molar-refractivity contribution in [2.24, 2.45) is 13.0 Å². The van der Waals surface area contributed by atoms with Crippen molar-refractivity contribution >= 4 is 27.6 Å². The van der Waals surface area contributed by atoms with Gasteiger partial charge in [0.15, 0.2) is 15.0 Å². The molecular weight excluding hydrogens is 360 g/mol. The highest BCUT2D eigenvalue weighted by Crippen LogP contribution is 2.32. The smallest absolute Gasteiger partial charge is 0.315 e. The van der Waals surface area contributed by atoms with Crippen LogP contribution in [-0.4, -0.2) is 53.3 Å². The van der Waals surface area contributed by atoms with Gasteiger partial charge in [0.1, 0.15) is 0 Å². The molecule has 1 aromatic rings. The van der Waals surface area contributed by atoms with E-state index in [1.165, 1.54) is 0 Å². The van der Waals surface area contributed by atoms with Gasteiger partial charge in [0, 0.05) is 37.3 Å². The molecule has 1 aliphatic carbocycles. The van der Waals surface area contributed by atoms with Crippen molar-refractivity contribution in [3.8, 4) is 0 Å². The quantitative estimate of drug-likeness (QED) is 0.801. The van der Waals surface area contributed by atoms with Gasteiger partial charge in [-0.3, -0.25) is 0 Å². The fourth-order valence-corrected chi connectivity index (χ4v) is 6.46. The van der Waals surface area contributed by atoms with E-state index in [1.807, 2.05) is 35.8 Å². The molecule has 0 bridgehead atoms. The molecule has 0 spiro atoms. The Morgan fingerprint density at radius 2 is 2.08 bits per heavy atom. The molecule has 2 fully saturated rings. The number of sulfone groups is 1. The summed E-state index contributed by atoms with van der Waals surface area (Å²) in [5, 5.41) is 7.45. The van der Waals surface area contributed by atoms with E-state index in [2.05, 4.69) is 15.6 Å². The molecule has 1 unspecified atom stereocenters. The SMILES string of the molecule is Cn1ccnc1SC1CCC(NC(=O)NCC2CCS(=O)(=O)C2)CC1. The lowest BCUT2D eigenvalue weighted by Crippen LogP contribution is -2.45. The van der Waals surface area contributed by atoms with Crippen molar-refractivity contribution in [1.29, 1.82) is 0 Å².